The predicted molar refractivity (Wildman–Crippen MR) is 130 cm³/mol. The van der Waals surface area contributed by atoms with Crippen LogP contribution >= 0.6 is 0 Å². The monoisotopic (exact) mass is 440 g/mol. The second-order valence-corrected chi connectivity index (χ2v) is 7.76. The van der Waals surface area contributed by atoms with Crippen LogP contribution in [0.4, 0.5) is 5.69 Å². The molecule has 0 saturated carbocycles. The van der Waals surface area contributed by atoms with Crippen molar-refractivity contribution in [1.29, 1.82) is 0 Å². The Labute approximate surface area is 192 Å². The van der Waals surface area contributed by atoms with Gasteiger partial charge in [0.1, 0.15) is 0 Å². The van der Waals surface area contributed by atoms with Gasteiger partial charge in [0.05, 0.1) is 34.0 Å². The van der Waals surface area contributed by atoms with Crippen LogP contribution in [-0.4, -0.2) is 71.5 Å². The van der Waals surface area contributed by atoms with Gasteiger partial charge >= 0.3 is 0 Å². The van der Waals surface area contributed by atoms with Gasteiger partial charge in [0.2, 0.25) is 0 Å². The lowest BCUT2D eigenvalue weighted by Gasteiger charge is -2.30. The molecule has 1 aliphatic heterocycles. The molecule has 0 unspecified atom stereocenters. The molecule has 2 aromatic rings. The molecule has 0 aromatic heterocycles. The smallest absolute Gasteiger partial charge is 0.193 e. The van der Waals surface area contributed by atoms with E-state index in [0.717, 1.165) is 63.3 Å². The number of hydrogen-bond donors (Lipinski definition) is 1. The molecule has 0 radical (unpaired) electrons. The van der Waals surface area contributed by atoms with Crippen molar-refractivity contribution in [2.75, 3.05) is 65.6 Å². The Morgan fingerprint density at radius 3 is 2.56 bits per heavy atom. The van der Waals surface area contributed by atoms with Crippen LogP contribution in [0.15, 0.2) is 47.5 Å². The number of nitrogens with one attached hydrogen (secondary N) is 1. The van der Waals surface area contributed by atoms with E-state index in [0.29, 0.717) is 6.54 Å². The summed E-state index contributed by atoms with van der Waals surface area (Å²) < 4.78 is 16.3. The Balaban J connectivity index is 1.67. The lowest BCUT2D eigenvalue weighted by molar-refractivity contribution is 0.122. The van der Waals surface area contributed by atoms with Gasteiger partial charge in [-0.05, 0) is 42.7 Å². The van der Waals surface area contributed by atoms with E-state index in [1.165, 1.54) is 16.8 Å². The molecule has 3 rings (SSSR count). The number of ether oxygens (including phenoxy) is 3. The Hall–Kier alpha value is -2.93. The van der Waals surface area contributed by atoms with Crippen LogP contribution in [0.25, 0.3) is 0 Å². The van der Waals surface area contributed by atoms with Gasteiger partial charge in [-0.2, -0.15) is 0 Å². The van der Waals surface area contributed by atoms with E-state index in [9.17, 15) is 0 Å². The first-order valence-corrected chi connectivity index (χ1v) is 11.3. The number of anilines is 1. The standard InChI is InChI=1S/C25H36N4O3/c1-5-26-25(28(2)13-12-20-10-11-23(30-3)24(18-20)31-4)27-19-21-8-6-7-9-22(21)29-14-16-32-17-15-29/h6-11,18H,5,12-17,19H2,1-4H3,(H,26,27). The van der Waals surface area contributed by atoms with Crippen molar-refractivity contribution in [3.05, 3.63) is 53.6 Å². The number of morpholine rings is 1. The maximum atomic E-state index is 5.51. The summed E-state index contributed by atoms with van der Waals surface area (Å²) in [7, 11) is 5.40. The minimum Gasteiger partial charge on any atom is -0.493 e. The van der Waals surface area contributed by atoms with Crippen LogP contribution in [0.3, 0.4) is 0 Å². The number of likely N-dealkylation sites (N-methyl/N-ethyl adjacent to an activating group) is 1. The number of benzene rings is 2. The first-order valence-electron chi connectivity index (χ1n) is 11.3. The molecule has 0 bridgehead atoms. The zero-order chi connectivity index (χ0) is 22.8. The summed E-state index contributed by atoms with van der Waals surface area (Å²) in [5.41, 5.74) is 3.68. The topological polar surface area (TPSA) is 58.6 Å². The van der Waals surface area contributed by atoms with Crippen LogP contribution in [0.2, 0.25) is 0 Å². The fourth-order valence-corrected chi connectivity index (χ4v) is 3.83. The Morgan fingerprint density at radius 1 is 1.09 bits per heavy atom. The highest BCUT2D eigenvalue weighted by atomic mass is 16.5. The fraction of sp³-hybridized carbons (Fsp3) is 0.480. The van der Waals surface area contributed by atoms with Gasteiger partial charge in [0, 0.05) is 38.9 Å². The highest BCUT2D eigenvalue weighted by Gasteiger charge is 2.15. The largest absolute Gasteiger partial charge is 0.493 e. The zero-order valence-electron chi connectivity index (χ0n) is 19.8. The van der Waals surface area contributed by atoms with E-state index >= 15 is 0 Å². The molecular formula is C25H36N4O3. The molecule has 0 amide bonds. The van der Waals surface area contributed by atoms with Gasteiger partial charge in [-0.25, -0.2) is 4.99 Å². The number of aliphatic imine (C=N–C) groups is 1. The molecule has 1 aliphatic rings. The van der Waals surface area contributed by atoms with Crippen LogP contribution in [0.5, 0.6) is 11.5 Å². The van der Waals surface area contributed by atoms with Crippen molar-refractivity contribution in [2.24, 2.45) is 4.99 Å². The van der Waals surface area contributed by atoms with E-state index in [1.807, 2.05) is 12.1 Å². The first-order chi connectivity index (χ1) is 15.7. The predicted octanol–water partition coefficient (Wildman–Crippen LogP) is 3.18. The van der Waals surface area contributed by atoms with E-state index in [1.54, 1.807) is 14.2 Å². The maximum Gasteiger partial charge on any atom is 0.193 e. The minimum absolute atomic E-state index is 0.635. The van der Waals surface area contributed by atoms with Gasteiger partial charge in [-0.3, -0.25) is 0 Å². The van der Waals surface area contributed by atoms with Crippen molar-refractivity contribution < 1.29 is 14.2 Å². The van der Waals surface area contributed by atoms with Crippen molar-refractivity contribution in [3.8, 4) is 11.5 Å². The molecular weight excluding hydrogens is 404 g/mol. The van der Waals surface area contributed by atoms with Crippen LogP contribution in [0.1, 0.15) is 18.1 Å². The second kappa shape index (κ2) is 12.2. The molecule has 7 heteroatoms. The SMILES string of the molecule is CCNC(=NCc1ccccc1N1CCOCC1)N(C)CCc1ccc(OC)c(OC)c1. The van der Waals surface area contributed by atoms with Crippen molar-refractivity contribution >= 4 is 11.6 Å². The third-order valence-electron chi connectivity index (χ3n) is 5.62. The minimum atomic E-state index is 0.635. The average molecular weight is 441 g/mol. The van der Waals surface area contributed by atoms with Gasteiger partial charge in [0.15, 0.2) is 17.5 Å². The number of rotatable bonds is 9. The molecule has 1 fully saturated rings. The first kappa shape index (κ1) is 23.7. The van der Waals surface area contributed by atoms with Crippen molar-refractivity contribution in [1.82, 2.24) is 10.2 Å². The summed E-state index contributed by atoms with van der Waals surface area (Å²) in [5.74, 6) is 2.41. The normalized spacial score (nSPS) is 14.2. The van der Waals surface area contributed by atoms with Crippen LogP contribution in [-0.2, 0) is 17.7 Å². The van der Waals surface area contributed by atoms with Crippen LogP contribution in [0, 0.1) is 0 Å². The van der Waals surface area contributed by atoms with E-state index < -0.39 is 0 Å². The number of para-hydroxylation sites is 1. The van der Waals surface area contributed by atoms with Gasteiger partial charge in [0.25, 0.3) is 0 Å². The quantitative estimate of drug-likeness (QED) is 0.477. The zero-order valence-corrected chi connectivity index (χ0v) is 19.8. The van der Waals surface area contributed by atoms with Crippen LogP contribution < -0.4 is 19.7 Å². The summed E-state index contributed by atoms with van der Waals surface area (Å²) in [6.07, 6.45) is 0.881. The summed E-state index contributed by atoms with van der Waals surface area (Å²) in [5, 5.41) is 3.43. The summed E-state index contributed by atoms with van der Waals surface area (Å²) in [6.45, 7) is 7.79. The third-order valence-corrected chi connectivity index (χ3v) is 5.62. The fourth-order valence-electron chi connectivity index (χ4n) is 3.83. The number of hydrogen-bond acceptors (Lipinski definition) is 5. The number of guanidine groups is 1. The second-order valence-electron chi connectivity index (χ2n) is 7.76. The molecule has 7 nitrogen and oxygen atoms in total. The van der Waals surface area contributed by atoms with Crippen molar-refractivity contribution in [3.63, 3.8) is 0 Å². The van der Waals surface area contributed by atoms with Crippen molar-refractivity contribution in [2.45, 2.75) is 19.9 Å². The molecule has 0 spiro atoms. The highest BCUT2D eigenvalue weighted by molar-refractivity contribution is 5.79. The molecule has 0 aliphatic carbocycles. The Bertz CT molecular complexity index is 881. The van der Waals surface area contributed by atoms with E-state index in [-0.39, 0.29) is 0 Å². The highest BCUT2D eigenvalue weighted by Crippen LogP contribution is 2.27. The van der Waals surface area contributed by atoms with E-state index in [4.69, 9.17) is 19.2 Å². The molecule has 0 atom stereocenters. The van der Waals surface area contributed by atoms with E-state index in [2.05, 4.69) is 59.4 Å². The lowest BCUT2D eigenvalue weighted by Crippen LogP contribution is -2.40. The molecule has 2 aromatic carbocycles. The number of methoxy groups -OCH3 is 2. The van der Waals surface area contributed by atoms with Gasteiger partial charge < -0.3 is 29.3 Å². The number of nitrogens with zero attached hydrogens (tertiary/aromatic N) is 3. The Morgan fingerprint density at radius 2 is 1.84 bits per heavy atom. The summed E-state index contributed by atoms with van der Waals surface area (Å²) in [6, 6.07) is 14.6. The molecule has 174 valence electrons. The molecule has 1 N–H and O–H groups in total. The Kier molecular flexibility index (Phi) is 9.04. The molecule has 1 heterocycles. The molecule has 1 saturated heterocycles. The summed E-state index contributed by atoms with van der Waals surface area (Å²) >= 11 is 0. The molecule has 32 heavy (non-hydrogen) atoms. The average Bonchev–Trinajstić information content (AvgIpc) is 2.85. The van der Waals surface area contributed by atoms with Gasteiger partial charge in [-0.1, -0.05) is 24.3 Å². The summed E-state index contributed by atoms with van der Waals surface area (Å²) in [4.78, 5) is 9.51. The third kappa shape index (κ3) is 6.29. The van der Waals surface area contributed by atoms with Gasteiger partial charge in [-0.15, -0.1) is 0 Å². The lowest BCUT2D eigenvalue weighted by atomic mass is 10.1. The maximum absolute atomic E-state index is 5.51.